The molecule has 4 aromatic rings. The highest BCUT2D eigenvalue weighted by atomic mass is 16.7. The molecule has 0 radical (unpaired) electrons. The second-order valence-corrected chi connectivity index (χ2v) is 13.5. The van der Waals surface area contributed by atoms with Crippen molar-refractivity contribution in [2.24, 2.45) is 0 Å². The van der Waals surface area contributed by atoms with Crippen LogP contribution in [-0.2, 0) is 23.7 Å². The van der Waals surface area contributed by atoms with Crippen LogP contribution in [0, 0.1) is 44.2 Å². The number of nitro benzene ring substituents is 3. The lowest BCUT2D eigenvalue weighted by molar-refractivity contribution is -0.385. The number of esters is 3. The third-order valence-electron chi connectivity index (χ3n) is 9.68. The third kappa shape index (κ3) is 8.53. The zero-order valence-corrected chi connectivity index (χ0v) is 30.2. The van der Waals surface area contributed by atoms with Crippen LogP contribution in [-0.4, -0.2) is 75.9 Å². The molecule has 56 heavy (non-hydrogen) atoms. The fraction of sp³-hybridized carbons (Fsp3) is 0.308. The summed E-state index contributed by atoms with van der Waals surface area (Å²) in [6.45, 7) is 5.16. The summed E-state index contributed by atoms with van der Waals surface area (Å²) in [4.78, 5) is 72.6. The summed E-state index contributed by atoms with van der Waals surface area (Å²) >= 11 is 0. The average molecular weight is 770 g/mol. The van der Waals surface area contributed by atoms with Crippen molar-refractivity contribution in [1.29, 1.82) is 0 Å². The topological polar surface area (TPSA) is 227 Å². The van der Waals surface area contributed by atoms with E-state index in [-0.39, 0.29) is 39.7 Å². The number of carbonyl (C=O) groups is 3. The Morgan fingerprint density at radius 1 is 0.643 bits per heavy atom. The van der Waals surface area contributed by atoms with Crippen LogP contribution < -0.4 is 0 Å². The predicted octanol–water partition coefficient (Wildman–Crippen LogP) is 6.36. The number of aryl methyl sites for hydroxylation is 2. The molecule has 290 valence electrons. The summed E-state index contributed by atoms with van der Waals surface area (Å²) in [6.07, 6.45) is -6.13. The van der Waals surface area contributed by atoms with Crippen molar-refractivity contribution in [1.82, 2.24) is 0 Å². The van der Waals surface area contributed by atoms with Gasteiger partial charge in [0, 0.05) is 42.3 Å². The van der Waals surface area contributed by atoms with Crippen LogP contribution >= 0.6 is 0 Å². The second-order valence-electron chi connectivity index (χ2n) is 13.5. The van der Waals surface area contributed by atoms with Gasteiger partial charge in [-0.25, -0.2) is 14.4 Å². The fourth-order valence-corrected chi connectivity index (χ4v) is 6.89. The number of benzene rings is 4. The molecule has 4 aromatic carbocycles. The molecular weight excluding hydrogens is 734 g/mol. The maximum atomic E-state index is 13.8. The quantitative estimate of drug-likeness (QED) is 0.0700. The lowest BCUT2D eigenvalue weighted by atomic mass is 9.77. The molecule has 2 aliphatic rings. The number of rotatable bonds is 11. The van der Waals surface area contributed by atoms with E-state index >= 15 is 0 Å². The van der Waals surface area contributed by atoms with Crippen LogP contribution in [0.4, 0.5) is 17.1 Å². The Labute approximate surface area is 318 Å². The van der Waals surface area contributed by atoms with Gasteiger partial charge in [-0.1, -0.05) is 23.8 Å². The van der Waals surface area contributed by atoms with Crippen molar-refractivity contribution in [3.63, 3.8) is 0 Å². The predicted molar refractivity (Wildman–Crippen MR) is 194 cm³/mol. The average Bonchev–Trinajstić information content (AvgIpc) is 3.18. The van der Waals surface area contributed by atoms with Gasteiger partial charge in [0.2, 0.25) is 0 Å². The van der Waals surface area contributed by atoms with Gasteiger partial charge < -0.3 is 23.7 Å². The molecule has 17 nitrogen and oxygen atoms in total. The first-order chi connectivity index (χ1) is 26.7. The highest BCUT2D eigenvalue weighted by Crippen LogP contribution is 2.44. The lowest BCUT2D eigenvalue weighted by Gasteiger charge is -2.51. The molecule has 0 aliphatic carbocycles. The van der Waals surface area contributed by atoms with Crippen LogP contribution in [0.25, 0.3) is 0 Å². The Balaban J connectivity index is 1.40. The minimum absolute atomic E-state index is 0.0204. The van der Waals surface area contributed by atoms with Crippen LogP contribution in [0.5, 0.6) is 0 Å². The maximum absolute atomic E-state index is 13.8. The number of ether oxygens (including phenoxy) is 5. The van der Waals surface area contributed by atoms with E-state index in [0.29, 0.717) is 6.42 Å². The van der Waals surface area contributed by atoms with Crippen LogP contribution in [0.15, 0.2) is 91.0 Å². The maximum Gasteiger partial charge on any atom is 0.338 e. The Bertz CT molecular complexity index is 2160. The zero-order chi connectivity index (χ0) is 40.3. The molecule has 17 heteroatoms. The number of non-ortho nitro benzene ring substituents is 3. The van der Waals surface area contributed by atoms with Gasteiger partial charge in [-0.3, -0.25) is 30.3 Å². The first kappa shape index (κ1) is 39.1. The molecule has 0 N–H and O–H groups in total. The summed E-state index contributed by atoms with van der Waals surface area (Å²) in [5.74, 6) is -3.16. The minimum atomic E-state index is -1.52. The standard InChI is InChI=1S/C39H35N3O14/c1-21-4-5-22(2)30(18-21)31-19-23(3)53-35-33(31)54-32(20-52-37(43)24-6-12-27(13-7-24)40(46)47)34(55-38(44)25-8-14-28(15-9-25)41(48)49)36(35)56-39(45)26-10-16-29(17-11-26)42(50)51/h4-18,23,31-36H,19-20H2,1-3H3/t23-,31-,32+,33-,34+,35-,36-/m0/s1. The van der Waals surface area contributed by atoms with E-state index in [1.807, 2.05) is 39.0 Å². The molecular formula is C39H35N3O14. The van der Waals surface area contributed by atoms with Gasteiger partial charge in [0.25, 0.3) is 17.1 Å². The van der Waals surface area contributed by atoms with E-state index in [0.717, 1.165) is 53.1 Å². The van der Waals surface area contributed by atoms with Gasteiger partial charge in [0.1, 0.15) is 18.8 Å². The molecule has 0 bridgehead atoms. The van der Waals surface area contributed by atoms with Crippen molar-refractivity contribution in [3.05, 3.63) is 155 Å². The van der Waals surface area contributed by atoms with Crippen molar-refractivity contribution in [2.45, 2.75) is 69.7 Å². The number of nitrogens with zero attached hydrogens (tertiary/aromatic N) is 3. The van der Waals surface area contributed by atoms with Crippen molar-refractivity contribution >= 4 is 35.0 Å². The molecule has 0 saturated carbocycles. The van der Waals surface area contributed by atoms with Gasteiger partial charge in [-0.2, -0.15) is 0 Å². The molecule has 0 unspecified atom stereocenters. The zero-order valence-electron chi connectivity index (χ0n) is 30.2. The Hall–Kier alpha value is -6.59. The lowest BCUT2D eigenvalue weighted by Crippen LogP contribution is -2.65. The van der Waals surface area contributed by atoms with Gasteiger partial charge in [0.05, 0.1) is 43.7 Å². The molecule has 2 fully saturated rings. The number of fused-ring (bicyclic) bond motifs is 1. The van der Waals surface area contributed by atoms with Gasteiger partial charge >= 0.3 is 17.9 Å². The van der Waals surface area contributed by atoms with Crippen LogP contribution in [0.3, 0.4) is 0 Å². The minimum Gasteiger partial charge on any atom is -0.459 e. The largest absolute Gasteiger partial charge is 0.459 e. The van der Waals surface area contributed by atoms with Gasteiger partial charge in [-0.05, 0) is 74.7 Å². The van der Waals surface area contributed by atoms with Gasteiger partial charge in [0.15, 0.2) is 12.2 Å². The molecule has 0 amide bonds. The van der Waals surface area contributed by atoms with Gasteiger partial charge in [-0.15, -0.1) is 0 Å². The summed E-state index contributed by atoms with van der Waals surface area (Å²) in [7, 11) is 0. The van der Waals surface area contributed by atoms with Crippen molar-refractivity contribution < 1.29 is 52.8 Å². The monoisotopic (exact) mass is 769 g/mol. The normalized spacial score (nSPS) is 22.9. The smallest absolute Gasteiger partial charge is 0.338 e. The van der Waals surface area contributed by atoms with E-state index in [1.54, 1.807) is 0 Å². The molecule has 0 spiro atoms. The van der Waals surface area contributed by atoms with E-state index in [1.165, 1.54) is 36.4 Å². The van der Waals surface area contributed by atoms with E-state index in [9.17, 15) is 44.7 Å². The highest BCUT2D eigenvalue weighted by molar-refractivity contribution is 5.91. The number of carbonyl (C=O) groups excluding carboxylic acids is 3. The van der Waals surface area contributed by atoms with E-state index in [2.05, 4.69) is 0 Å². The summed E-state index contributed by atoms with van der Waals surface area (Å²) in [5.41, 5.74) is 1.89. The molecule has 2 saturated heterocycles. The Morgan fingerprint density at radius 2 is 1.11 bits per heavy atom. The second kappa shape index (κ2) is 16.4. The number of nitro groups is 3. The summed E-state index contributed by atoms with van der Waals surface area (Å²) in [5, 5.41) is 33.7. The SMILES string of the molecule is Cc1ccc(C)c([C@@H]2C[C@H](C)O[C@@H]3[C@@H](OC(=O)c4ccc([N+](=O)[O-])cc4)[C@H](OC(=O)c4ccc([N+](=O)[O-])cc4)[C@@H](COC(=O)c4ccc([N+](=O)[O-])cc4)O[C@H]32)c1. The summed E-state index contributed by atoms with van der Waals surface area (Å²) < 4.78 is 30.8. The summed E-state index contributed by atoms with van der Waals surface area (Å²) in [6, 6.07) is 19.9. The molecule has 0 aromatic heterocycles. The third-order valence-corrected chi connectivity index (χ3v) is 9.68. The first-order valence-corrected chi connectivity index (χ1v) is 17.4. The van der Waals surface area contributed by atoms with Crippen LogP contribution in [0.2, 0.25) is 0 Å². The first-order valence-electron chi connectivity index (χ1n) is 17.4. The highest BCUT2D eigenvalue weighted by Gasteiger charge is 2.56. The van der Waals surface area contributed by atoms with Crippen molar-refractivity contribution in [2.75, 3.05) is 6.61 Å². The van der Waals surface area contributed by atoms with E-state index < -0.39 is 75.9 Å². The van der Waals surface area contributed by atoms with Crippen LogP contribution in [0.1, 0.15) is 67.0 Å². The molecule has 7 atom stereocenters. The molecule has 2 aliphatic heterocycles. The Kier molecular flexibility index (Phi) is 11.5. The van der Waals surface area contributed by atoms with E-state index in [4.69, 9.17) is 23.7 Å². The molecule has 2 heterocycles. The molecule has 6 rings (SSSR count). The number of hydrogen-bond acceptors (Lipinski definition) is 14. The fourth-order valence-electron chi connectivity index (χ4n) is 6.89. The number of hydrogen-bond donors (Lipinski definition) is 0. The Morgan fingerprint density at radius 3 is 1.59 bits per heavy atom. The van der Waals surface area contributed by atoms with Crippen molar-refractivity contribution in [3.8, 4) is 0 Å².